The lowest BCUT2D eigenvalue weighted by Gasteiger charge is -2.10. The Morgan fingerprint density at radius 2 is 2.00 bits per heavy atom. The van der Waals surface area contributed by atoms with Gasteiger partial charge in [0.25, 0.3) is 0 Å². The average Bonchev–Trinajstić information content (AvgIpc) is 3.13. The third kappa shape index (κ3) is 3.64. The minimum Gasteiger partial charge on any atom is -0.476 e. The van der Waals surface area contributed by atoms with Crippen molar-refractivity contribution in [3.63, 3.8) is 0 Å². The molecule has 0 atom stereocenters. The van der Waals surface area contributed by atoms with Gasteiger partial charge in [-0.1, -0.05) is 19.1 Å². The largest absolute Gasteiger partial charge is 0.476 e. The van der Waals surface area contributed by atoms with Gasteiger partial charge >= 0.3 is 0 Å². The number of aromatic nitrogens is 3. The van der Waals surface area contributed by atoms with Gasteiger partial charge in [0.1, 0.15) is 11.2 Å². The number of H-pyrrole nitrogens is 1. The SMILES string of the molecule is CCS(=O)(=O)c1cccc(-c2cnc(OCCCO)c3[nH]c4ncc(C)cc4c23)c1. The zero-order valence-corrected chi connectivity index (χ0v) is 17.7. The van der Waals surface area contributed by atoms with E-state index in [1.54, 1.807) is 37.5 Å². The van der Waals surface area contributed by atoms with Crippen LogP contribution in [-0.4, -0.2) is 47.4 Å². The normalized spacial score (nSPS) is 12.0. The molecule has 0 saturated heterocycles. The molecule has 0 radical (unpaired) electrons. The lowest BCUT2D eigenvalue weighted by Crippen LogP contribution is -2.04. The van der Waals surface area contributed by atoms with Gasteiger partial charge in [0.2, 0.25) is 5.88 Å². The standard InChI is InChI=1S/C22H23N3O4S/c1-3-30(27,28)16-7-4-6-15(11-16)18-13-24-22(29-9-5-8-26)20-19(18)17-10-14(2)12-23-21(17)25-20/h4,6-7,10-13,26H,3,5,8-9H2,1-2H3,(H,23,25). The summed E-state index contributed by atoms with van der Waals surface area (Å²) in [5, 5.41) is 10.8. The van der Waals surface area contributed by atoms with E-state index in [1.807, 2.05) is 19.1 Å². The van der Waals surface area contributed by atoms with E-state index in [1.165, 1.54) is 0 Å². The zero-order valence-electron chi connectivity index (χ0n) is 16.8. The maximum Gasteiger partial charge on any atom is 0.238 e. The second kappa shape index (κ2) is 8.04. The van der Waals surface area contributed by atoms with Crippen molar-refractivity contribution in [2.45, 2.75) is 25.2 Å². The Balaban J connectivity index is 1.97. The molecule has 0 saturated carbocycles. The van der Waals surface area contributed by atoms with E-state index < -0.39 is 9.84 Å². The third-order valence-electron chi connectivity index (χ3n) is 5.01. The molecule has 0 aliphatic rings. The minimum absolute atomic E-state index is 0.0351. The number of benzene rings is 1. The molecule has 0 amide bonds. The zero-order chi connectivity index (χ0) is 21.3. The molecule has 0 aliphatic heterocycles. The number of aliphatic hydroxyl groups excluding tert-OH is 1. The van der Waals surface area contributed by atoms with Gasteiger partial charge in [0, 0.05) is 41.8 Å². The van der Waals surface area contributed by atoms with Crippen molar-refractivity contribution in [2.75, 3.05) is 19.0 Å². The summed E-state index contributed by atoms with van der Waals surface area (Å²) in [6.45, 7) is 3.98. The highest BCUT2D eigenvalue weighted by atomic mass is 32.2. The van der Waals surface area contributed by atoms with Crippen molar-refractivity contribution < 1.29 is 18.3 Å². The molecule has 8 heteroatoms. The topological polar surface area (TPSA) is 105 Å². The van der Waals surface area contributed by atoms with Gasteiger partial charge in [-0.25, -0.2) is 18.4 Å². The van der Waals surface area contributed by atoms with Gasteiger partial charge < -0.3 is 14.8 Å². The summed E-state index contributed by atoms with van der Waals surface area (Å²) in [5.74, 6) is 0.466. The Labute approximate surface area is 174 Å². The molecule has 4 aromatic rings. The van der Waals surface area contributed by atoms with Crippen molar-refractivity contribution in [3.05, 3.63) is 48.3 Å². The van der Waals surface area contributed by atoms with E-state index in [0.717, 1.165) is 27.5 Å². The van der Waals surface area contributed by atoms with Crippen LogP contribution in [-0.2, 0) is 9.84 Å². The number of nitrogens with zero attached hydrogens (tertiary/aromatic N) is 2. The quantitative estimate of drug-likeness (QED) is 0.438. The molecule has 0 fully saturated rings. The molecule has 3 aromatic heterocycles. The summed E-state index contributed by atoms with van der Waals surface area (Å²) >= 11 is 0. The molecular weight excluding hydrogens is 402 g/mol. The molecule has 3 heterocycles. The first-order chi connectivity index (χ1) is 14.4. The number of rotatable bonds is 7. The first-order valence-corrected chi connectivity index (χ1v) is 11.4. The Kier molecular flexibility index (Phi) is 5.44. The van der Waals surface area contributed by atoms with Crippen LogP contribution < -0.4 is 4.74 Å². The van der Waals surface area contributed by atoms with Crippen LogP contribution in [0.15, 0.2) is 47.6 Å². The predicted molar refractivity (Wildman–Crippen MR) is 116 cm³/mol. The molecule has 4 rings (SSSR count). The van der Waals surface area contributed by atoms with E-state index >= 15 is 0 Å². The number of sulfone groups is 1. The van der Waals surface area contributed by atoms with E-state index in [2.05, 4.69) is 15.0 Å². The van der Waals surface area contributed by atoms with E-state index in [-0.39, 0.29) is 17.3 Å². The number of hydrogen-bond donors (Lipinski definition) is 2. The summed E-state index contributed by atoms with van der Waals surface area (Å²) in [6.07, 6.45) is 3.98. The molecule has 0 spiro atoms. The summed E-state index contributed by atoms with van der Waals surface area (Å²) in [5.41, 5.74) is 3.96. The molecule has 7 nitrogen and oxygen atoms in total. The van der Waals surface area contributed by atoms with Crippen LogP contribution in [0.2, 0.25) is 0 Å². The lowest BCUT2D eigenvalue weighted by atomic mass is 10.0. The third-order valence-corrected chi connectivity index (χ3v) is 6.74. The maximum atomic E-state index is 12.4. The Hall–Kier alpha value is -2.97. The molecule has 0 bridgehead atoms. The van der Waals surface area contributed by atoms with Crippen molar-refractivity contribution >= 4 is 31.8 Å². The minimum atomic E-state index is -3.33. The highest BCUT2D eigenvalue weighted by Gasteiger charge is 2.19. The molecule has 30 heavy (non-hydrogen) atoms. The van der Waals surface area contributed by atoms with Gasteiger partial charge in [0.05, 0.1) is 17.3 Å². The molecule has 1 aromatic carbocycles. The van der Waals surface area contributed by atoms with Gasteiger partial charge in [-0.15, -0.1) is 0 Å². The second-order valence-electron chi connectivity index (χ2n) is 7.12. The molecular formula is C22H23N3O4S. The van der Waals surface area contributed by atoms with E-state index in [9.17, 15) is 8.42 Å². The number of ether oxygens (including phenoxy) is 1. The van der Waals surface area contributed by atoms with Gasteiger partial charge in [-0.2, -0.15) is 0 Å². The van der Waals surface area contributed by atoms with Crippen LogP contribution in [0.1, 0.15) is 18.9 Å². The number of nitrogens with one attached hydrogen (secondary N) is 1. The van der Waals surface area contributed by atoms with Gasteiger partial charge in [-0.05, 0) is 36.2 Å². The number of fused-ring (bicyclic) bond motifs is 3. The predicted octanol–water partition coefficient (Wildman–Crippen LogP) is 3.64. The van der Waals surface area contributed by atoms with E-state index in [4.69, 9.17) is 9.84 Å². The lowest BCUT2D eigenvalue weighted by molar-refractivity contribution is 0.230. The summed E-state index contributed by atoms with van der Waals surface area (Å²) in [7, 11) is -3.33. The van der Waals surface area contributed by atoms with Gasteiger partial charge in [0.15, 0.2) is 9.84 Å². The van der Waals surface area contributed by atoms with Crippen LogP contribution in [0.3, 0.4) is 0 Å². The first-order valence-electron chi connectivity index (χ1n) is 9.78. The highest BCUT2D eigenvalue weighted by Crippen LogP contribution is 2.38. The summed E-state index contributed by atoms with van der Waals surface area (Å²) in [4.78, 5) is 12.5. The summed E-state index contributed by atoms with van der Waals surface area (Å²) < 4.78 is 30.5. The van der Waals surface area contributed by atoms with Crippen molar-refractivity contribution in [1.29, 1.82) is 0 Å². The van der Waals surface area contributed by atoms with Crippen LogP contribution in [0.25, 0.3) is 33.1 Å². The van der Waals surface area contributed by atoms with E-state index in [0.29, 0.717) is 30.1 Å². The van der Waals surface area contributed by atoms with Crippen molar-refractivity contribution in [3.8, 4) is 17.0 Å². The smallest absolute Gasteiger partial charge is 0.238 e. The fourth-order valence-electron chi connectivity index (χ4n) is 3.45. The Bertz CT molecular complexity index is 1330. The fourth-order valence-corrected chi connectivity index (χ4v) is 4.38. The molecule has 0 aliphatic carbocycles. The van der Waals surface area contributed by atoms with Crippen molar-refractivity contribution in [1.82, 2.24) is 15.0 Å². The Morgan fingerprint density at radius 1 is 1.17 bits per heavy atom. The molecule has 156 valence electrons. The summed E-state index contributed by atoms with van der Waals surface area (Å²) in [6, 6.07) is 8.95. The Morgan fingerprint density at radius 3 is 2.77 bits per heavy atom. The number of aryl methyl sites for hydroxylation is 1. The highest BCUT2D eigenvalue weighted by molar-refractivity contribution is 7.91. The van der Waals surface area contributed by atoms with Crippen LogP contribution in [0.4, 0.5) is 0 Å². The van der Waals surface area contributed by atoms with Gasteiger partial charge in [-0.3, -0.25) is 0 Å². The van der Waals surface area contributed by atoms with Crippen LogP contribution in [0.5, 0.6) is 5.88 Å². The molecule has 2 N–H and O–H groups in total. The average molecular weight is 426 g/mol. The number of hydrogen-bond acceptors (Lipinski definition) is 6. The van der Waals surface area contributed by atoms with Crippen LogP contribution >= 0.6 is 0 Å². The number of pyridine rings is 2. The monoisotopic (exact) mass is 425 g/mol. The molecule has 0 unspecified atom stereocenters. The van der Waals surface area contributed by atoms with Crippen molar-refractivity contribution in [2.24, 2.45) is 0 Å². The maximum absolute atomic E-state index is 12.4. The number of aliphatic hydroxyl groups is 1. The number of aromatic amines is 1. The van der Waals surface area contributed by atoms with Crippen LogP contribution in [0, 0.1) is 6.92 Å². The first kappa shape index (κ1) is 20.3. The second-order valence-corrected chi connectivity index (χ2v) is 9.40. The fraction of sp³-hybridized carbons (Fsp3) is 0.273.